The summed E-state index contributed by atoms with van der Waals surface area (Å²) >= 11 is 0. The predicted molar refractivity (Wildman–Crippen MR) is 105 cm³/mol. The van der Waals surface area contributed by atoms with Crippen LogP contribution in [-0.2, 0) is 16.0 Å². The molecule has 0 saturated carbocycles. The molecule has 0 amide bonds. The van der Waals surface area contributed by atoms with Crippen molar-refractivity contribution in [2.75, 3.05) is 47.1 Å². The van der Waals surface area contributed by atoms with Gasteiger partial charge in [0.05, 0.1) is 19.3 Å². The fourth-order valence-corrected chi connectivity index (χ4v) is 2.96. The van der Waals surface area contributed by atoms with Crippen LogP contribution < -0.4 is 10.1 Å². The molecule has 0 aliphatic carbocycles. The molecule has 0 radical (unpaired) electrons. The Morgan fingerprint density at radius 1 is 1.35 bits per heavy atom. The smallest absolute Gasteiger partial charge is 0.193 e. The highest BCUT2D eigenvalue weighted by Gasteiger charge is 2.15. The molecule has 1 N–H and O–H groups in total. The van der Waals surface area contributed by atoms with Crippen molar-refractivity contribution in [2.45, 2.75) is 38.8 Å². The summed E-state index contributed by atoms with van der Waals surface area (Å²) in [5.74, 6) is 1.79. The van der Waals surface area contributed by atoms with Crippen molar-refractivity contribution in [1.82, 2.24) is 10.2 Å². The predicted octanol–water partition coefficient (Wildman–Crippen LogP) is 2.68. The fourth-order valence-electron chi connectivity index (χ4n) is 2.96. The molecule has 6 heteroatoms. The Labute approximate surface area is 157 Å². The number of hydrogen-bond acceptors (Lipinski definition) is 4. The lowest BCUT2D eigenvalue weighted by Crippen LogP contribution is -2.39. The standard InChI is InChI=1S/C20H33N3O3/c1-4-25-18-10-8-17(9-11-18)15-23(3)20(21-2)22-12-6-13-24-16-19-7-5-14-26-19/h8-11,19H,4-7,12-16H2,1-3H3,(H,21,22). The van der Waals surface area contributed by atoms with Gasteiger partial charge in [-0.25, -0.2) is 0 Å². The molecule has 1 unspecified atom stereocenters. The number of aliphatic imine (C=N–C) groups is 1. The van der Waals surface area contributed by atoms with Gasteiger partial charge in [0.2, 0.25) is 0 Å². The summed E-state index contributed by atoms with van der Waals surface area (Å²) in [6.45, 7) is 6.65. The van der Waals surface area contributed by atoms with E-state index >= 15 is 0 Å². The zero-order valence-electron chi connectivity index (χ0n) is 16.4. The first-order chi connectivity index (χ1) is 12.7. The van der Waals surface area contributed by atoms with E-state index in [1.807, 2.05) is 33.2 Å². The summed E-state index contributed by atoms with van der Waals surface area (Å²) in [5, 5.41) is 3.39. The Balaban J connectivity index is 1.63. The van der Waals surface area contributed by atoms with E-state index in [0.29, 0.717) is 19.3 Å². The van der Waals surface area contributed by atoms with Gasteiger partial charge in [0.1, 0.15) is 5.75 Å². The summed E-state index contributed by atoms with van der Waals surface area (Å²) in [6, 6.07) is 8.20. The summed E-state index contributed by atoms with van der Waals surface area (Å²) in [7, 11) is 3.85. The van der Waals surface area contributed by atoms with Crippen LogP contribution in [0, 0.1) is 0 Å². The number of benzene rings is 1. The number of rotatable bonds is 10. The van der Waals surface area contributed by atoms with Crippen molar-refractivity contribution < 1.29 is 14.2 Å². The molecule has 1 fully saturated rings. The van der Waals surface area contributed by atoms with E-state index in [2.05, 4.69) is 27.3 Å². The van der Waals surface area contributed by atoms with Gasteiger partial charge in [-0.2, -0.15) is 0 Å². The van der Waals surface area contributed by atoms with Crippen molar-refractivity contribution in [1.29, 1.82) is 0 Å². The molecule has 1 atom stereocenters. The van der Waals surface area contributed by atoms with Crippen molar-refractivity contribution in [3.8, 4) is 5.75 Å². The number of nitrogens with zero attached hydrogens (tertiary/aromatic N) is 2. The molecular formula is C20H33N3O3. The van der Waals surface area contributed by atoms with E-state index < -0.39 is 0 Å². The molecule has 1 saturated heterocycles. The van der Waals surface area contributed by atoms with Crippen molar-refractivity contribution in [3.63, 3.8) is 0 Å². The molecule has 26 heavy (non-hydrogen) atoms. The van der Waals surface area contributed by atoms with E-state index in [9.17, 15) is 0 Å². The van der Waals surface area contributed by atoms with Crippen molar-refractivity contribution in [3.05, 3.63) is 29.8 Å². The van der Waals surface area contributed by atoms with E-state index in [1.165, 1.54) is 5.56 Å². The number of nitrogens with one attached hydrogen (secondary N) is 1. The lowest BCUT2D eigenvalue weighted by Gasteiger charge is -2.22. The zero-order chi connectivity index (χ0) is 18.6. The van der Waals surface area contributed by atoms with Gasteiger partial charge in [-0.1, -0.05) is 12.1 Å². The first-order valence-corrected chi connectivity index (χ1v) is 9.55. The minimum atomic E-state index is 0.302. The van der Waals surface area contributed by atoms with Gasteiger partial charge in [-0.05, 0) is 43.9 Å². The molecule has 1 heterocycles. The number of guanidine groups is 1. The van der Waals surface area contributed by atoms with Crippen LogP contribution in [0.4, 0.5) is 0 Å². The van der Waals surface area contributed by atoms with Gasteiger partial charge >= 0.3 is 0 Å². The second kappa shape index (κ2) is 11.8. The maximum Gasteiger partial charge on any atom is 0.193 e. The third-order valence-corrected chi connectivity index (χ3v) is 4.30. The van der Waals surface area contributed by atoms with Gasteiger partial charge in [-0.15, -0.1) is 0 Å². The normalized spacial score (nSPS) is 17.3. The van der Waals surface area contributed by atoms with Crippen molar-refractivity contribution in [2.24, 2.45) is 4.99 Å². The van der Waals surface area contributed by atoms with Crippen LogP contribution >= 0.6 is 0 Å². The lowest BCUT2D eigenvalue weighted by atomic mass is 10.2. The first kappa shape index (κ1) is 20.5. The van der Waals surface area contributed by atoms with Crippen LogP contribution in [0.2, 0.25) is 0 Å². The van der Waals surface area contributed by atoms with Crippen LogP contribution in [-0.4, -0.2) is 64.0 Å². The molecule has 2 rings (SSSR count). The third-order valence-electron chi connectivity index (χ3n) is 4.30. The molecular weight excluding hydrogens is 330 g/mol. The summed E-state index contributed by atoms with van der Waals surface area (Å²) in [5.41, 5.74) is 1.22. The second-order valence-electron chi connectivity index (χ2n) is 6.47. The minimum absolute atomic E-state index is 0.302. The number of ether oxygens (including phenoxy) is 3. The SMILES string of the molecule is CCOc1ccc(CN(C)C(=NC)NCCCOCC2CCCO2)cc1. The van der Waals surface area contributed by atoms with Crippen LogP contribution in [0.3, 0.4) is 0 Å². The highest BCUT2D eigenvalue weighted by molar-refractivity contribution is 5.79. The van der Waals surface area contributed by atoms with Crippen LogP contribution in [0.15, 0.2) is 29.3 Å². The largest absolute Gasteiger partial charge is 0.494 e. The molecule has 1 aromatic carbocycles. The van der Waals surface area contributed by atoms with E-state index in [1.54, 1.807) is 0 Å². The van der Waals surface area contributed by atoms with Crippen LogP contribution in [0.5, 0.6) is 5.75 Å². The second-order valence-corrected chi connectivity index (χ2v) is 6.47. The monoisotopic (exact) mass is 363 g/mol. The average molecular weight is 364 g/mol. The first-order valence-electron chi connectivity index (χ1n) is 9.55. The quantitative estimate of drug-likeness (QED) is 0.393. The highest BCUT2D eigenvalue weighted by Crippen LogP contribution is 2.13. The topological polar surface area (TPSA) is 55.3 Å². The molecule has 6 nitrogen and oxygen atoms in total. The van der Waals surface area contributed by atoms with Gasteiger partial charge < -0.3 is 24.4 Å². The molecule has 0 aromatic heterocycles. The molecule has 0 bridgehead atoms. The Morgan fingerprint density at radius 2 is 2.15 bits per heavy atom. The molecule has 1 aliphatic heterocycles. The summed E-state index contributed by atoms with van der Waals surface area (Å²) < 4.78 is 16.7. The van der Waals surface area contributed by atoms with E-state index in [-0.39, 0.29) is 0 Å². The minimum Gasteiger partial charge on any atom is -0.494 e. The fraction of sp³-hybridized carbons (Fsp3) is 0.650. The zero-order valence-corrected chi connectivity index (χ0v) is 16.4. The molecule has 0 spiro atoms. The van der Waals surface area contributed by atoms with Gasteiger partial charge in [0, 0.05) is 40.4 Å². The Hall–Kier alpha value is -1.79. The Morgan fingerprint density at radius 3 is 2.81 bits per heavy atom. The number of hydrogen-bond donors (Lipinski definition) is 1. The average Bonchev–Trinajstić information content (AvgIpc) is 3.16. The maximum absolute atomic E-state index is 5.69. The molecule has 1 aromatic rings. The van der Waals surface area contributed by atoms with E-state index in [4.69, 9.17) is 14.2 Å². The van der Waals surface area contributed by atoms with Gasteiger partial charge in [0.15, 0.2) is 5.96 Å². The van der Waals surface area contributed by atoms with Crippen LogP contribution in [0.1, 0.15) is 31.7 Å². The summed E-state index contributed by atoms with van der Waals surface area (Å²) in [6.07, 6.45) is 3.53. The molecule has 1 aliphatic rings. The molecule has 146 valence electrons. The lowest BCUT2D eigenvalue weighted by molar-refractivity contribution is 0.0168. The Kier molecular flexibility index (Phi) is 9.28. The maximum atomic E-state index is 5.69. The Bertz CT molecular complexity index is 528. The van der Waals surface area contributed by atoms with Gasteiger partial charge in [-0.3, -0.25) is 4.99 Å². The highest BCUT2D eigenvalue weighted by atomic mass is 16.5. The third kappa shape index (κ3) is 7.22. The van der Waals surface area contributed by atoms with Gasteiger partial charge in [0.25, 0.3) is 0 Å². The van der Waals surface area contributed by atoms with Crippen LogP contribution in [0.25, 0.3) is 0 Å². The van der Waals surface area contributed by atoms with Crippen molar-refractivity contribution >= 4 is 5.96 Å². The summed E-state index contributed by atoms with van der Waals surface area (Å²) in [4.78, 5) is 6.47. The van der Waals surface area contributed by atoms with E-state index in [0.717, 1.165) is 57.3 Å².